The summed E-state index contributed by atoms with van der Waals surface area (Å²) in [6.45, 7) is 2.95. The predicted molar refractivity (Wildman–Crippen MR) is 68.2 cm³/mol. The van der Waals surface area contributed by atoms with Crippen LogP contribution < -0.4 is 0 Å². The van der Waals surface area contributed by atoms with Crippen molar-refractivity contribution in [2.24, 2.45) is 0 Å². The molecule has 0 aromatic heterocycles. The summed E-state index contributed by atoms with van der Waals surface area (Å²) in [6.07, 6.45) is 0.742. The van der Waals surface area contributed by atoms with Gasteiger partial charge in [-0.15, -0.1) is 0 Å². The van der Waals surface area contributed by atoms with Crippen molar-refractivity contribution >= 4 is 6.09 Å². The lowest BCUT2D eigenvalue weighted by Crippen LogP contribution is -2.34. The van der Waals surface area contributed by atoms with Gasteiger partial charge >= 0.3 is 6.09 Å². The molecule has 0 bridgehead atoms. The van der Waals surface area contributed by atoms with Gasteiger partial charge in [-0.3, -0.25) is 0 Å². The molecule has 2 atom stereocenters. The van der Waals surface area contributed by atoms with E-state index >= 15 is 0 Å². The lowest BCUT2D eigenvalue weighted by Gasteiger charge is -2.20. The van der Waals surface area contributed by atoms with E-state index in [1.807, 2.05) is 37.3 Å². The second kappa shape index (κ2) is 5.87. The van der Waals surface area contributed by atoms with E-state index in [0.29, 0.717) is 13.2 Å². The Morgan fingerprint density at radius 2 is 2.11 bits per heavy atom. The van der Waals surface area contributed by atoms with Crippen molar-refractivity contribution in [2.75, 3.05) is 13.7 Å². The minimum absolute atomic E-state index is 0.129. The van der Waals surface area contributed by atoms with Crippen molar-refractivity contribution in [3.8, 4) is 0 Å². The van der Waals surface area contributed by atoms with Gasteiger partial charge in [-0.25, -0.2) is 4.79 Å². The van der Waals surface area contributed by atoms with Crippen molar-refractivity contribution < 1.29 is 14.3 Å². The van der Waals surface area contributed by atoms with Gasteiger partial charge in [0, 0.05) is 13.2 Å². The summed E-state index contributed by atoms with van der Waals surface area (Å²) in [7, 11) is 1.68. The van der Waals surface area contributed by atoms with Gasteiger partial charge < -0.3 is 14.4 Å². The third-order valence-electron chi connectivity index (χ3n) is 3.31. The molecule has 0 spiro atoms. The normalized spacial score (nSPS) is 23.1. The first-order valence-electron chi connectivity index (χ1n) is 6.21. The second-order valence-electron chi connectivity index (χ2n) is 4.63. The van der Waals surface area contributed by atoms with E-state index in [2.05, 4.69) is 0 Å². The van der Waals surface area contributed by atoms with Crippen LogP contribution >= 0.6 is 0 Å². The van der Waals surface area contributed by atoms with Crippen LogP contribution in [0.5, 0.6) is 0 Å². The zero-order valence-corrected chi connectivity index (χ0v) is 10.8. The molecule has 0 radical (unpaired) electrons. The Kier molecular flexibility index (Phi) is 4.20. The van der Waals surface area contributed by atoms with Crippen molar-refractivity contribution in [1.29, 1.82) is 0 Å². The number of hydrogen-bond donors (Lipinski definition) is 0. The number of methoxy groups -OCH3 is 1. The largest absolute Gasteiger partial charge is 0.445 e. The van der Waals surface area contributed by atoms with Crippen molar-refractivity contribution in [1.82, 2.24) is 4.90 Å². The predicted octanol–water partition coefficient (Wildman–Crippen LogP) is 2.43. The highest BCUT2D eigenvalue weighted by atomic mass is 16.6. The Labute approximate surface area is 107 Å². The van der Waals surface area contributed by atoms with Gasteiger partial charge in [0.05, 0.1) is 12.6 Å². The van der Waals surface area contributed by atoms with E-state index in [1.54, 1.807) is 12.0 Å². The molecule has 4 heteroatoms. The summed E-state index contributed by atoms with van der Waals surface area (Å²) in [5.41, 5.74) is 1.00. The number of ether oxygens (including phenoxy) is 2. The first-order valence-corrected chi connectivity index (χ1v) is 6.21. The maximum atomic E-state index is 11.9. The second-order valence-corrected chi connectivity index (χ2v) is 4.63. The first-order chi connectivity index (χ1) is 8.70. The molecule has 98 valence electrons. The third kappa shape index (κ3) is 3.01. The van der Waals surface area contributed by atoms with Crippen LogP contribution in [0.3, 0.4) is 0 Å². The van der Waals surface area contributed by atoms with Crippen LogP contribution in [0.25, 0.3) is 0 Å². The molecule has 1 aliphatic rings. The average molecular weight is 249 g/mol. The molecule has 1 saturated heterocycles. The topological polar surface area (TPSA) is 38.8 Å². The van der Waals surface area contributed by atoms with Crippen LogP contribution in [-0.4, -0.2) is 36.8 Å². The highest BCUT2D eigenvalue weighted by Crippen LogP contribution is 2.20. The number of nitrogens with zero attached hydrogens (tertiary/aromatic N) is 1. The maximum absolute atomic E-state index is 11.9. The smallest absolute Gasteiger partial charge is 0.410 e. The maximum Gasteiger partial charge on any atom is 0.410 e. The Morgan fingerprint density at radius 3 is 2.72 bits per heavy atom. The van der Waals surface area contributed by atoms with Crippen LogP contribution in [0.1, 0.15) is 18.9 Å². The van der Waals surface area contributed by atoms with Gasteiger partial charge in [0.25, 0.3) is 0 Å². The fourth-order valence-electron chi connectivity index (χ4n) is 2.21. The number of rotatable bonds is 3. The highest BCUT2D eigenvalue weighted by molar-refractivity contribution is 5.68. The molecule has 2 rings (SSSR count). The third-order valence-corrected chi connectivity index (χ3v) is 3.31. The Morgan fingerprint density at radius 1 is 1.39 bits per heavy atom. The van der Waals surface area contributed by atoms with Crippen LogP contribution in [0, 0.1) is 0 Å². The van der Waals surface area contributed by atoms with Gasteiger partial charge in [-0.1, -0.05) is 30.3 Å². The summed E-state index contributed by atoms with van der Waals surface area (Å²) in [6, 6.07) is 9.87. The van der Waals surface area contributed by atoms with Crippen molar-refractivity contribution in [2.45, 2.75) is 32.1 Å². The molecule has 0 saturated carbocycles. The van der Waals surface area contributed by atoms with E-state index in [0.717, 1.165) is 12.0 Å². The monoisotopic (exact) mass is 249 g/mol. The van der Waals surface area contributed by atoms with E-state index in [4.69, 9.17) is 9.47 Å². The molecular weight excluding hydrogens is 230 g/mol. The summed E-state index contributed by atoms with van der Waals surface area (Å²) in [5.74, 6) is 0. The van der Waals surface area contributed by atoms with Crippen LogP contribution in [0.4, 0.5) is 4.79 Å². The van der Waals surface area contributed by atoms with Crippen molar-refractivity contribution in [3.63, 3.8) is 0 Å². The number of hydrogen-bond acceptors (Lipinski definition) is 3. The lowest BCUT2D eigenvalue weighted by molar-refractivity contribution is 0.0811. The molecule has 1 heterocycles. The molecule has 18 heavy (non-hydrogen) atoms. The summed E-state index contributed by atoms with van der Waals surface area (Å²) < 4.78 is 10.6. The highest BCUT2D eigenvalue weighted by Gasteiger charge is 2.33. The molecule has 1 amide bonds. The fraction of sp³-hybridized carbons (Fsp3) is 0.500. The van der Waals surface area contributed by atoms with Gasteiger partial charge in [-0.2, -0.15) is 0 Å². The number of benzene rings is 1. The average Bonchev–Trinajstić information content (AvgIpc) is 2.78. The number of carbonyl (C=O) groups is 1. The van der Waals surface area contributed by atoms with E-state index in [1.165, 1.54) is 0 Å². The fourth-order valence-corrected chi connectivity index (χ4v) is 2.21. The number of likely N-dealkylation sites (tertiary alicyclic amines) is 1. The van der Waals surface area contributed by atoms with E-state index in [-0.39, 0.29) is 18.2 Å². The van der Waals surface area contributed by atoms with E-state index in [9.17, 15) is 4.79 Å². The summed E-state index contributed by atoms with van der Waals surface area (Å²) >= 11 is 0. The molecular formula is C14H19NO3. The lowest BCUT2D eigenvalue weighted by atomic mass is 10.2. The van der Waals surface area contributed by atoms with Gasteiger partial charge in [0.2, 0.25) is 0 Å². The molecule has 0 aliphatic carbocycles. The summed E-state index contributed by atoms with van der Waals surface area (Å²) in [5, 5.41) is 0. The van der Waals surface area contributed by atoms with E-state index < -0.39 is 0 Å². The Balaban J connectivity index is 1.85. The zero-order valence-electron chi connectivity index (χ0n) is 10.8. The quantitative estimate of drug-likeness (QED) is 0.826. The van der Waals surface area contributed by atoms with Gasteiger partial charge in [-0.05, 0) is 18.9 Å². The molecule has 0 unspecified atom stereocenters. The van der Waals surface area contributed by atoms with Gasteiger partial charge in [0.1, 0.15) is 6.61 Å². The summed E-state index contributed by atoms with van der Waals surface area (Å²) in [4.78, 5) is 13.7. The minimum Gasteiger partial charge on any atom is -0.445 e. The molecule has 0 N–H and O–H groups in total. The van der Waals surface area contributed by atoms with Crippen molar-refractivity contribution in [3.05, 3.63) is 35.9 Å². The molecule has 1 fully saturated rings. The van der Waals surface area contributed by atoms with Crippen LogP contribution in [0.15, 0.2) is 30.3 Å². The zero-order chi connectivity index (χ0) is 13.0. The molecule has 4 nitrogen and oxygen atoms in total. The molecule has 1 aromatic rings. The molecule has 1 aliphatic heterocycles. The van der Waals surface area contributed by atoms with Crippen LogP contribution in [-0.2, 0) is 16.1 Å². The number of carbonyl (C=O) groups excluding carboxylic acids is 1. The Bertz CT molecular complexity index is 393. The van der Waals surface area contributed by atoms with Crippen LogP contribution in [0.2, 0.25) is 0 Å². The Hall–Kier alpha value is -1.55. The standard InChI is InChI=1S/C14H19NO3/c1-11-8-13(17-2)9-15(11)14(16)18-10-12-6-4-3-5-7-12/h3-7,11,13H,8-10H2,1-2H3/t11-,13+/m0/s1. The molecule has 1 aromatic carbocycles. The SMILES string of the molecule is CO[C@@H]1C[C@H](C)N(C(=O)OCc2ccccc2)C1. The number of amides is 1. The first kappa shape index (κ1) is 12.9. The minimum atomic E-state index is -0.258. The van der Waals surface area contributed by atoms with Gasteiger partial charge in [0.15, 0.2) is 0 Å².